The van der Waals surface area contributed by atoms with Gasteiger partial charge in [-0.1, -0.05) is 35.2 Å². The molecule has 24 heavy (non-hydrogen) atoms. The molecule has 1 N–H and O–H groups in total. The van der Waals surface area contributed by atoms with E-state index in [1.165, 1.54) is 35.2 Å². The highest BCUT2D eigenvalue weighted by atomic mass is 32.2. The van der Waals surface area contributed by atoms with E-state index in [1.807, 2.05) is 0 Å². The topological polar surface area (TPSA) is 85.4 Å². The van der Waals surface area contributed by atoms with Gasteiger partial charge in [0.25, 0.3) is 0 Å². The van der Waals surface area contributed by atoms with Crippen molar-refractivity contribution in [1.82, 2.24) is 10.2 Å². The molecular weight excluding hydrogens is 345 g/mol. The van der Waals surface area contributed by atoms with Gasteiger partial charge in [-0.25, -0.2) is 4.39 Å². The van der Waals surface area contributed by atoms with E-state index in [-0.39, 0.29) is 5.82 Å². The van der Waals surface area contributed by atoms with Crippen molar-refractivity contribution < 1.29 is 4.39 Å². The largest absolute Gasteiger partial charge is 0.330 e. The third-order valence-corrected chi connectivity index (χ3v) is 4.96. The molecule has 0 radical (unpaired) electrons. The highest BCUT2D eigenvalue weighted by Crippen LogP contribution is 2.36. The third-order valence-electron chi connectivity index (χ3n) is 2.93. The summed E-state index contributed by atoms with van der Waals surface area (Å²) >= 11 is 2.47. The van der Waals surface area contributed by atoms with Crippen molar-refractivity contribution in [1.29, 1.82) is 10.5 Å². The number of nitrogens with one attached hydrogen (secondary N) is 1. The standard InChI is InChI=1S/C16H8FN5S2/c17-12-5-2-6-13(7-12)20-15-21-22-16(24-15)23-14-10(8-18)3-1-4-11(14)9-19/h1-7H,(H,20,21). The average Bonchev–Trinajstić information content (AvgIpc) is 3.02. The number of hydrogen-bond acceptors (Lipinski definition) is 7. The first-order valence-corrected chi connectivity index (χ1v) is 8.30. The third kappa shape index (κ3) is 3.51. The Hall–Kier alpha value is -2.94. The summed E-state index contributed by atoms with van der Waals surface area (Å²) in [6, 6.07) is 15.1. The summed E-state index contributed by atoms with van der Waals surface area (Å²) in [4.78, 5) is 0.552. The summed E-state index contributed by atoms with van der Waals surface area (Å²) in [6.45, 7) is 0. The van der Waals surface area contributed by atoms with Crippen LogP contribution in [0.3, 0.4) is 0 Å². The maximum Gasteiger partial charge on any atom is 0.210 e. The number of hydrogen-bond donors (Lipinski definition) is 1. The molecule has 1 aromatic heterocycles. The van der Waals surface area contributed by atoms with Crippen LogP contribution in [0.5, 0.6) is 0 Å². The van der Waals surface area contributed by atoms with E-state index < -0.39 is 0 Å². The van der Waals surface area contributed by atoms with Gasteiger partial charge < -0.3 is 5.32 Å². The Balaban J connectivity index is 1.83. The quantitative estimate of drug-likeness (QED) is 0.752. The van der Waals surface area contributed by atoms with Crippen molar-refractivity contribution in [2.24, 2.45) is 0 Å². The van der Waals surface area contributed by atoms with Gasteiger partial charge in [0.15, 0.2) is 4.34 Å². The zero-order valence-corrected chi connectivity index (χ0v) is 13.7. The van der Waals surface area contributed by atoms with Gasteiger partial charge in [-0.15, -0.1) is 10.2 Å². The Morgan fingerprint density at radius 1 is 1.04 bits per heavy atom. The van der Waals surface area contributed by atoms with Gasteiger partial charge in [0, 0.05) is 5.69 Å². The molecular formula is C16H8FN5S2. The molecule has 0 fully saturated rings. The van der Waals surface area contributed by atoms with Crippen molar-refractivity contribution in [3.8, 4) is 12.1 Å². The van der Waals surface area contributed by atoms with Crippen LogP contribution in [-0.2, 0) is 0 Å². The number of aromatic nitrogens is 2. The Labute approximate surface area is 145 Å². The zero-order chi connectivity index (χ0) is 16.9. The van der Waals surface area contributed by atoms with E-state index in [0.29, 0.717) is 31.2 Å². The Morgan fingerprint density at radius 2 is 1.75 bits per heavy atom. The fourth-order valence-electron chi connectivity index (χ4n) is 1.90. The molecule has 0 atom stereocenters. The Morgan fingerprint density at radius 3 is 2.42 bits per heavy atom. The van der Waals surface area contributed by atoms with E-state index in [2.05, 4.69) is 27.7 Å². The molecule has 0 aliphatic heterocycles. The minimum absolute atomic E-state index is 0.347. The van der Waals surface area contributed by atoms with Crippen LogP contribution in [0.15, 0.2) is 51.7 Å². The lowest BCUT2D eigenvalue weighted by atomic mass is 10.1. The van der Waals surface area contributed by atoms with Crippen molar-refractivity contribution >= 4 is 33.9 Å². The number of anilines is 2. The maximum atomic E-state index is 13.2. The van der Waals surface area contributed by atoms with Crippen LogP contribution in [0, 0.1) is 28.5 Å². The monoisotopic (exact) mass is 353 g/mol. The summed E-state index contributed by atoms with van der Waals surface area (Å²) in [5, 5.41) is 29.9. The Bertz CT molecular complexity index is 939. The molecule has 0 unspecified atom stereocenters. The SMILES string of the molecule is N#Cc1cccc(C#N)c1Sc1nnc(Nc2cccc(F)c2)s1. The van der Waals surface area contributed by atoms with Crippen LogP contribution in [-0.4, -0.2) is 10.2 Å². The molecule has 0 spiro atoms. The second-order valence-electron chi connectivity index (χ2n) is 4.52. The fraction of sp³-hybridized carbons (Fsp3) is 0. The number of benzene rings is 2. The molecule has 0 bridgehead atoms. The molecule has 2 aromatic carbocycles. The zero-order valence-electron chi connectivity index (χ0n) is 12.0. The second-order valence-corrected chi connectivity index (χ2v) is 6.75. The van der Waals surface area contributed by atoms with Gasteiger partial charge in [0.1, 0.15) is 18.0 Å². The van der Waals surface area contributed by atoms with Crippen LogP contribution < -0.4 is 5.32 Å². The van der Waals surface area contributed by atoms with Crippen LogP contribution in [0.25, 0.3) is 0 Å². The molecule has 116 valence electrons. The van der Waals surface area contributed by atoms with E-state index in [0.717, 1.165) is 0 Å². The lowest BCUT2D eigenvalue weighted by Gasteiger charge is -2.02. The number of halogens is 1. The molecule has 0 aliphatic carbocycles. The molecule has 1 heterocycles. The minimum atomic E-state index is -0.347. The van der Waals surface area contributed by atoms with Crippen molar-refractivity contribution in [2.45, 2.75) is 9.24 Å². The lowest BCUT2D eigenvalue weighted by molar-refractivity contribution is 0.628. The maximum absolute atomic E-state index is 13.2. The van der Waals surface area contributed by atoms with Gasteiger partial charge in [-0.2, -0.15) is 10.5 Å². The van der Waals surface area contributed by atoms with Crippen molar-refractivity contribution in [3.05, 3.63) is 59.4 Å². The van der Waals surface area contributed by atoms with Crippen molar-refractivity contribution in [2.75, 3.05) is 5.32 Å². The van der Waals surface area contributed by atoms with Gasteiger partial charge >= 0.3 is 0 Å². The second kappa shape index (κ2) is 7.09. The molecule has 8 heteroatoms. The van der Waals surface area contributed by atoms with E-state index in [9.17, 15) is 14.9 Å². The summed E-state index contributed by atoms with van der Waals surface area (Å²) < 4.78 is 13.8. The van der Waals surface area contributed by atoms with Crippen LogP contribution in [0.2, 0.25) is 0 Å². The normalized spacial score (nSPS) is 9.96. The molecule has 0 amide bonds. The van der Waals surface area contributed by atoms with E-state index in [4.69, 9.17) is 0 Å². The highest BCUT2D eigenvalue weighted by Gasteiger charge is 2.13. The summed E-state index contributed by atoms with van der Waals surface area (Å²) in [7, 11) is 0. The Kier molecular flexibility index (Phi) is 4.71. The molecule has 0 saturated carbocycles. The molecule has 0 aliphatic rings. The molecule has 3 aromatic rings. The van der Waals surface area contributed by atoms with Gasteiger partial charge in [0.05, 0.1) is 16.0 Å². The predicted molar refractivity (Wildman–Crippen MR) is 89.6 cm³/mol. The van der Waals surface area contributed by atoms with E-state index >= 15 is 0 Å². The van der Waals surface area contributed by atoms with Crippen LogP contribution >= 0.6 is 23.1 Å². The molecule has 0 saturated heterocycles. The first kappa shape index (κ1) is 15.9. The highest BCUT2D eigenvalue weighted by molar-refractivity contribution is 8.01. The first-order chi connectivity index (χ1) is 11.7. The average molecular weight is 353 g/mol. The number of rotatable bonds is 4. The molecule has 3 rings (SSSR count). The lowest BCUT2D eigenvalue weighted by Crippen LogP contribution is -1.89. The summed E-state index contributed by atoms with van der Waals surface area (Å²) in [5.41, 5.74) is 1.39. The van der Waals surface area contributed by atoms with Crippen LogP contribution in [0.1, 0.15) is 11.1 Å². The van der Waals surface area contributed by atoms with Gasteiger partial charge in [0.2, 0.25) is 5.13 Å². The first-order valence-electron chi connectivity index (χ1n) is 6.67. The fourth-order valence-corrected chi connectivity index (χ4v) is 3.76. The minimum Gasteiger partial charge on any atom is -0.330 e. The van der Waals surface area contributed by atoms with E-state index in [1.54, 1.807) is 30.3 Å². The smallest absolute Gasteiger partial charge is 0.210 e. The van der Waals surface area contributed by atoms with Crippen LogP contribution in [0.4, 0.5) is 15.2 Å². The predicted octanol–water partition coefficient (Wildman–Crippen LogP) is 4.32. The van der Waals surface area contributed by atoms with Gasteiger partial charge in [-0.05, 0) is 30.3 Å². The number of nitriles is 2. The van der Waals surface area contributed by atoms with Crippen molar-refractivity contribution in [3.63, 3.8) is 0 Å². The van der Waals surface area contributed by atoms with Gasteiger partial charge in [-0.3, -0.25) is 0 Å². The summed E-state index contributed by atoms with van der Waals surface area (Å²) in [5.74, 6) is -0.347. The summed E-state index contributed by atoms with van der Waals surface area (Å²) in [6.07, 6.45) is 0. The number of nitrogens with zero attached hydrogens (tertiary/aromatic N) is 4. The molecule has 5 nitrogen and oxygen atoms in total.